The van der Waals surface area contributed by atoms with Gasteiger partial charge in [-0.05, 0) is 54.8 Å². The van der Waals surface area contributed by atoms with Crippen molar-refractivity contribution in [2.24, 2.45) is 5.73 Å². The molecule has 0 spiro atoms. The van der Waals surface area contributed by atoms with Crippen LogP contribution in [0.1, 0.15) is 42.4 Å². The van der Waals surface area contributed by atoms with Gasteiger partial charge in [0.15, 0.2) is 0 Å². The fraction of sp³-hybridized carbons (Fsp3) is 0.368. The zero-order chi connectivity index (χ0) is 14.2. The molecule has 0 bridgehead atoms. The van der Waals surface area contributed by atoms with Crippen LogP contribution in [0.3, 0.4) is 0 Å². The van der Waals surface area contributed by atoms with Crippen molar-refractivity contribution in [3.05, 3.63) is 71.3 Å². The fourth-order valence-corrected chi connectivity index (χ4v) is 2.58. The summed E-state index contributed by atoms with van der Waals surface area (Å²) in [5.74, 6) is 0.615. The standard InChI is InChI=1S/C19H25N/c1-16(19-10-3-2-4-11-19)12-13-18-8-5-7-17(15-18)9-6-14-20/h2-5,7-8,10-11,15-16H,6,9,12-14,20H2,1H3. The zero-order valence-electron chi connectivity index (χ0n) is 12.4. The number of hydrogen-bond donors (Lipinski definition) is 1. The molecule has 1 nitrogen and oxygen atoms in total. The maximum absolute atomic E-state index is 5.58. The normalized spacial score (nSPS) is 12.3. The lowest BCUT2D eigenvalue weighted by Crippen LogP contribution is -2.01. The first-order valence-electron chi connectivity index (χ1n) is 7.62. The van der Waals surface area contributed by atoms with Crippen LogP contribution in [0.25, 0.3) is 0 Å². The van der Waals surface area contributed by atoms with Gasteiger partial charge in [-0.15, -0.1) is 0 Å². The van der Waals surface area contributed by atoms with Crippen molar-refractivity contribution in [2.45, 2.75) is 38.5 Å². The van der Waals surface area contributed by atoms with Crippen LogP contribution >= 0.6 is 0 Å². The van der Waals surface area contributed by atoms with Crippen molar-refractivity contribution in [2.75, 3.05) is 6.54 Å². The fourth-order valence-electron chi connectivity index (χ4n) is 2.58. The predicted molar refractivity (Wildman–Crippen MR) is 87.0 cm³/mol. The minimum atomic E-state index is 0.615. The van der Waals surface area contributed by atoms with Gasteiger partial charge >= 0.3 is 0 Å². The van der Waals surface area contributed by atoms with Crippen LogP contribution in [0, 0.1) is 0 Å². The van der Waals surface area contributed by atoms with Gasteiger partial charge in [-0.25, -0.2) is 0 Å². The van der Waals surface area contributed by atoms with Gasteiger partial charge in [0.2, 0.25) is 0 Å². The summed E-state index contributed by atoms with van der Waals surface area (Å²) in [7, 11) is 0. The lowest BCUT2D eigenvalue weighted by Gasteiger charge is -2.12. The first-order chi connectivity index (χ1) is 9.79. The Hall–Kier alpha value is -1.60. The Kier molecular flexibility index (Phi) is 5.82. The van der Waals surface area contributed by atoms with Crippen LogP contribution in [-0.4, -0.2) is 6.54 Å². The predicted octanol–water partition coefficient (Wildman–Crippen LogP) is 4.31. The molecule has 0 amide bonds. The Morgan fingerprint density at radius 1 is 0.900 bits per heavy atom. The summed E-state index contributed by atoms with van der Waals surface area (Å²) < 4.78 is 0. The van der Waals surface area contributed by atoms with Crippen molar-refractivity contribution >= 4 is 0 Å². The van der Waals surface area contributed by atoms with Crippen LogP contribution < -0.4 is 5.73 Å². The molecule has 0 radical (unpaired) electrons. The first-order valence-corrected chi connectivity index (χ1v) is 7.62. The van der Waals surface area contributed by atoms with Crippen molar-refractivity contribution in [3.63, 3.8) is 0 Å². The molecule has 2 N–H and O–H groups in total. The van der Waals surface area contributed by atoms with E-state index < -0.39 is 0 Å². The Morgan fingerprint density at radius 2 is 1.60 bits per heavy atom. The van der Waals surface area contributed by atoms with E-state index in [9.17, 15) is 0 Å². The van der Waals surface area contributed by atoms with E-state index >= 15 is 0 Å². The molecule has 0 heterocycles. The lowest BCUT2D eigenvalue weighted by molar-refractivity contribution is 0.679. The number of rotatable bonds is 7. The summed E-state index contributed by atoms with van der Waals surface area (Å²) >= 11 is 0. The number of hydrogen-bond acceptors (Lipinski definition) is 1. The molecule has 1 heteroatoms. The lowest BCUT2D eigenvalue weighted by atomic mass is 9.93. The molecular formula is C19H25N. The Morgan fingerprint density at radius 3 is 2.30 bits per heavy atom. The minimum absolute atomic E-state index is 0.615. The molecule has 0 aliphatic heterocycles. The molecule has 2 aromatic rings. The molecule has 1 atom stereocenters. The highest BCUT2D eigenvalue weighted by Crippen LogP contribution is 2.21. The summed E-state index contributed by atoms with van der Waals surface area (Å²) in [6, 6.07) is 19.7. The number of benzene rings is 2. The quantitative estimate of drug-likeness (QED) is 0.794. The van der Waals surface area contributed by atoms with Gasteiger partial charge in [0.05, 0.1) is 0 Å². The van der Waals surface area contributed by atoms with Gasteiger partial charge in [-0.1, -0.05) is 61.5 Å². The van der Waals surface area contributed by atoms with Crippen molar-refractivity contribution < 1.29 is 0 Å². The molecule has 20 heavy (non-hydrogen) atoms. The van der Waals surface area contributed by atoms with Crippen LogP contribution in [0.5, 0.6) is 0 Å². The highest BCUT2D eigenvalue weighted by atomic mass is 14.5. The smallest absolute Gasteiger partial charge is 0.00741 e. The van der Waals surface area contributed by atoms with Gasteiger partial charge in [0, 0.05) is 0 Å². The highest BCUT2D eigenvalue weighted by molar-refractivity contribution is 5.25. The van der Waals surface area contributed by atoms with E-state index in [1.54, 1.807) is 0 Å². The summed E-state index contributed by atoms with van der Waals surface area (Å²) in [5.41, 5.74) is 9.88. The van der Waals surface area contributed by atoms with Gasteiger partial charge in [0.1, 0.15) is 0 Å². The molecule has 0 fully saturated rings. The molecule has 2 rings (SSSR count). The zero-order valence-corrected chi connectivity index (χ0v) is 12.4. The molecule has 0 aliphatic carbocycles. The molecule has 0 aromatic heterocycles. The third kappa shape index (κ3) is 4.50. The van der Waals surface area contributed by atoms with Crippen LogP contribution in [0.4, 0.5) is 0 Å². The van der Waals surface area contributed by atoms with E-state index in [1.165, 1.54) is 23.1 Å². The Balaban J connectivity index is 1.90. The number of aryl methyl sites for hydroxylation is 2. The van der Waals surface area contributed by atoms with Gasteiger partial charge in [-0.2, -0.15) is 0 Å². The molecule has 0 saturated carbocycles. The SMILES string of the molecule is CC(CCc1cccc(CCCN)c1)c1ccccc1. The van der Waals surface area contributed by atoms with Crippen molar-refractivity contribution in [1.82, 2.24) is 0 Å². The highest BCUT2D eigenvalue weighted by Gasteiger charge is 2.05. The van der Waals surface area contributed by atoms with Gasteiger partial charge < -0.3 is 5.73 Å². The van der Waals surface area contributed by atoms with Gasteiger partial charge in [-0.3, -0.25) is 0 Å². The molecule has 1 unspecified atom stereocenters. The van der Waals surface area contributed by atoms with Crippen molar-refractivity contribution in [3.8, 4) is 0 Å². The second-order valence-corrected chi connectivity index (χ2v) is 5.56. The first kappa shape index (κ1) is 14.8. The largest absolute Gasteiger partial charge is 0.330 e. The van der Waals surface area contributed by atoms with Gasteiger partial charge in [0.25, 0.3) is 0 Å². The average molecular weight is 267 g/mol. The van der Waals surface area contributed by atoms with Crippen LogP contribution in [-0.2, 0) is 12.8 Å². The summed E-state index contributed by atoms with van der Waals surface area (Å²) in [5, 5.41) is 0. The molecular weight excluding hydrogens is 242 g/mol. The van der Waals surface area contributed by atoms with E-state index in [1.807, 2.05) is 0 Å². The van der Waals surface area contributed by atoms with E-state index in [0.717, 1.165) is 25.8 Å². The topological polar surface area (TPSA) is 26.0 Å². The molecule has 2 aromatic carbocycles. The van der Waals surface area contributed by atoms with E-state index in [2.05, 4.69) is 61.5 Å². The van der Waals surface area contributed by atoms with E-state index in [-0.39, 0.29) is 0 Å². The Labute approximate surface area is 122 Å². The third-order valence-corrected chi connectivity index (χ3v) is 3.90. The summed E-state index contributed by atoms with van der Waals surface area (Å²) in [6.07, 6.45) is 4.51. The molecule has 106 valence electrons. The molecule has 0 aliphatic rings. The third-order valence-electron chi connectivity index (χ3n) is 3.90. The monoisotopic (exact) mass is 267 g/mol. The second-order valence-electron chi connectivity index (χ2n) is 5.56. The second kappa shape index (κ2) is 7.86. The van der Waals surface area contributed by atoms with Crippen LogP contribution in [0.15, 0.2) is 54.6 Å². The average Bonchev–Trinajstić information content (AvgIpc) is 2.52. The maximum atomic E-state index is 5.58. The minimum Gasteiger partial charge on any atom is -0.330 e. The van der Waals surface area contributed by atoms with Crippen molar-refractivity contribution in [1.29, 1.82) is 0 Å². The summed E-state index contributed by atoms with van der Waals surface area (Å²) in [4.78, 5) is 0. The maximum Gasteiger partial charge on any atom is -0.00741 e. The van der Waals surface area contributed by atoms with E-state index in [0.29, 0.717) is 5.92 Å². The summed E-state index contributed by atoms with van der Waals surface area (Å²) in [6.45, 7) is 3.09. The molecule has 0 saturated heterocycles. The Bertz CT molecular complexity index is 504. The number of nitrogens with two attached hydrogens (primary N) is 1. The van der Waals surface area contributed by atoms with Crippen LogP contribution in [0.2, 0.25) is 0 Å². The van der Waals surface area contributed by atoms with E-state index in [4.69, 9.17) is 5.73 Å².